The van der Waals surface area contributed by atoms with Crippen LogP contribution in [0.4, 0.5) is 17.6 Å². The van der Waals surface area contributed by atoms with Crippen molar-refractivity contribution in [2.45, 2.75) is 22.6 Å². The van der Waals surface area contributed by atoms with Crippen LogP contribution >= 0.6 is 31.9 Å². The molecule has 1 fully saturated rings. The fourth-order valence-corrected chi connectivity index (χ4v) is 1.84. The summed E-state index contributed by atoms with van der Waals surface area (Å²) in [6.45, 7) is 0. The van der Waals surface area contributed by atoms with Gasteiger partial charge in [0, 0.05) is 5.33 Å². The van der Waals surface area contributed by atoms with E-state index in [1.165, 1.54) is 0 Å². The Bertz CT molecular complexity index is 174. The molecule has 0 amide bonds. The van der Waals surface area contributed by atoms with Crippen molar-refractivity contribution in [1.82, 2.24) is 0 Å². The Morgan fingerprint density at radius 2 is 1.73 bits per heavy atom. The Hall–Kier alpha value is 0.680. The maximum absolute atomic E-state index is 12.9. The second-order valence-electron chi connectivity index (χ2n) is 2.38. The lowest BCUT2D eigenvalue weighted by Gasteiger charge is -2.09. The van der Waals surface area contributed by atoms with E-state index >= 15 is 0 Å². The average Bonchev–Trinajstić information content (AvgIpc) is 2.34. The van der Waals surface area contributed by atoms with Gasteiger partial charge in [-0.25, -0.2) is 8.78 Å². The van der Waals surface area contributed by atoms with Gasteiger partial charge in [-0.2, -0.15) is 8.78 Å². The van der Waals surface area contributed by atoms with Crippen LogP contribution in [-0.4, -0.2) is 27.9 Å². The van der Waals surface area contributed by atoms with Crippen LogP contribution in [-0.2, 0) is 0 Å². The van der Waals surface area contributed by atoms with Crippen molar-refractivity contribution in [3.8, 4) is 0 Å². The van der Waals surface area contributed by atoms with Gasteiger partial charge in [0.15, 0.2) is 0 Å². The zero-order valence-electron chi connectivity index (χ0n) is 5.13. The Morgan fingerprint density at radius 1 is 1.36 bits per heavy atom. The molecule has 1 aliphatic carbocycles. The molecule has 0 N–H and O–H groups in total. The van der Waals surface area contributed by atoms with E-state index in [2.05, 4.69) is 31.9 Å². The molecular weight excluding hydrogens is 296 g/mol. The molecule has 1 saturated carbocycles. The first-order valence-electron chi connectivity index (χ1n) is 2.79. The zero-order valence-corrected chi connectivity index (χ0v) is 8.30. The highest BCUT2D eigenvalue weighted by molar-refractivity contribution is 9.12. The summed E-state index contributed by atoms with van der Waals surface area (Å²) in [5.41, 5.74) is -3.02. The van der Waals surface area contributed by atoms with Crippen LogP contribution in [0.2, 0.25) is 0 Å². The van der Waals surface area contributed by atoms with Crippen molar-refractivity contribution >= 4 is 31.9 Å². The normalized spacial score (nSPS) is 43.6. The molecule has 11 heavy (non-hydrogen) atoms. The van der Waals surface area contributed by atoms with Gasteiger partial charge in [0.1, 0.15) is 0 Å². The number of alkyl halides is 6. The van der Waals surface area contributed by atoms with Crippen LogP contribution in [0.3, 0.4) is 0 Å². The highest BCUT2D eigenvalue weighted by atomic mass is 79.9. The van der Waals surface area contributed by atoms with Crippen molar-refractivity contribution in [1.29, 1.82) is 0 Å². The molecule has 6 heteroatoms. The largest absolute Gasteiger partial charge is 0.319 e. The van der Waals surface area contributed by atoms with E-state index in [1.54, 1.807) is 0 Å². The number of hydrogen-bond acceptors (Lipinski definition) is 0. The summed E-state index contributed by atoms with van der Waals surface area (Å²) in [5.74, 6) is -3.82. The maximum atomic E-state index is 12.9. The van der Waals surface area contributed by atoms with Gasteiger partial charge in [-0.05, 0) is 0 Å². The Morgan fingerprint density at radius 3 is 1.82 bits per heavy atom. The molecular formula is C5H4Br2F4. The Balaban J connectivity index is 2.73. The number of rotatable bonds is 2. The Kier molecular flexibility index (Phi) is 2.29. The van der Waals surface area contributed by atoms with Crippen LogP contribution in [0, 0.1) is 0 Å². The van der Waals surface area contributed by atoms with Crippen LogP contribution in [0.1, 0.15) is 0 Å². The third kappa shape index (κ3) is 1.05. The van der Waals surface area contributed by atoms with Gasteiger partial charge < -0.3 is 0 Å². The molecule has 0 aromatic rings. The summed E-state index contributed by atoms with van der Waals surface area (Å²) in [6, 6.07) is 0. The summed E-state index contributed by atoms with van der Waals surface area (Å²) in [6.07, 6.45) is -2.67. The molecule has 0 aromatic heterocycles. The first kappa shape index (κ1) is 9.77. The molecule has 0 aliphatic heterocycles. The average molecular weight is 300 g/mol. The van der Waals surface area contributed by atoms with E-state index in [0.29, 0.717) is 0 Å². The second kappa shape index (κ2) is 2.58. The quantitative estimate of drug-likeness (QED) is 0.543. The molecule has 0 radical (unpaired) electrons. The van der Waals surface area contributed by atoms with E-state index < -0.39 is 22.6 Å². The van der Waals surface area contributed by atoms with Crippen molar-refractivity contribution in [2.24, 2.45) is 0 Å². The van der Waals surface area contributed by atoms with Gasteiger partial charge in [0.05, 0.1) is 4.83 Å². The third-order valence-electron chi connectivity index (χ3n) is 1.71. The minimum absolute atomic E-state index is 0.0422. The standard InChI is InChI=1S/C5H4Br2F4/c6-1-2(7)4(9)3(8)5(4,10)11/h2-3H,1H2. The molecule has 0 heterocycles. The zero-order chi connectivity index (χ0) is 8.86. The van der Waals surface area contributed by atoms with Gasteiger partial charge in [-0.3, -0.25) is 0 Å². The highest BCUT2D eigenvalue weighted by Crippen LogP contribution is 2.61. The lowest BCUT2D eigenvalue weighted by Crippen LogP contribution is -2.26. The van der Waals surface area contributed by atoms with Gasteiger partial charge in [0.25, 0.3) is 0 Å². The van der Waals surface area contributed by atoms with E-state index in [1.807, 2.05) is 0 Å². The lowest BCUT2D eigenvalue weighted by molar-refractivity contribution is 0.0394. The summed E-state index contributed by atoms with van der Waals surface area (Å²) in [4.78, 5) is -1.18. The molecule has 0 spiro atoms. The molecule has 0 saturated heterocycles. The molecule has 0 bridgehead atoms. The van der Waals surface area contributed by atoms with Gasteiger partial charge in [-0.1, -0.05) is 31.9 Å². The minimum Gasteiger partial charge on any atom is -0.237 e. The molecule has 3 atom stereocenters. The lowest BCUT2D eigenvalue weighted by atomic mass is 10.3. The highest BCUT2D eigenvalue weighted by Gasteiger charge is 2.87. The summed E-state index contributed by atoms with van der Waals surface area (Å²) in [7, 11) is 0. The number of hydrogen-bond donors (Lipinski definition) is 0. The topological polar surface area (TPSA) is 0 Å². The first-order chi connectivity index (χ1) is 4.89. The van der Waals surface area contributed by atoms with Crippen molar-refractivity contribution in [3.05, 3.63) is 0 Å². The van der Waals surface area contributed by atoms with E-state index in [9.17, 15) is 17.6 Å². The number of halogens is 6. The molecule has 1 aliphatic rings. The minimum atomic E-state index is -3.82. The predicted octanol–water partition coefficient (Wildman–Crippen LogP) is 2.84. The van der Waals surface area contributed by atoms with Crippen molar-refractivity contribution < 1.29 is 17.6 Å². The monoisotopic (exact) mass is 298 g/mol. The fourth-order valence-electron chi connectivity index (χ4n) is 0.832. The van der Waals surface area contributed by atoms with Crippen LogP contribution in [0.5, 0.6) is 0 Å². The summed E-state index contributed by atoms with van der Waals surface area (Å²) >= 11 is 5.42. The molecule has 0 nitrogen and oxygen atoms in total. The summed E-state index contributed by atoms with van der Waals surface area (Å²) in [5, 5.41) is -0.0422. The third-order valence-corrected chi connectivity index (χ3v) is 4.21. The van der Waals surface area contributed by atoms with Crippen LogP contribution in [0.15, 0.2) is 0 Å². The molecule has 3 unspecified atom stereocenters. The Labute approximate surface area is 77.6 Å². The van der Waals surface area contributed by atoms with Crippen LogP contribution < -0.4 is 0 Å². The van der Waals surface area contributed by atoms with Gasteiger partial charge >= 0.3 is 5.92 Å². The van der Waals surface area contributed by atoms with E-state index in [-0.39, 0.29) is 5.33 Å². The van der Waals surface area contributed by atoms with Crippen LogP contribution in [0.25, 0.3) is 0 Å². The smallest absolute Gasteiger partial charge is 0.237 e. The molecule has 0 aromatic carbocycles. The molecule has 1 rings (SSSR count). The predicted molar refractivity (Wildman–Crippen MR) is 40.2 cm³/mol. The van der Waals surface area contributed by atoms with Gasteiger partial charge in [0.2, 0.25) is 11.8 Å². The maximum Gasteiger partial charge on any atom is 0.319 e. The second-order valence-corrected chi connectivity index (χ2v) is 4.13. The summed E-state index contributed by atoms with van der Waals surface area (Å²) < 4.78 is 49.5. The SMILES string of the molecule is FC1C(F)(F)C1(F)C(Br)CBr. The fraction of sp³-hybridized carbons (Fsp3) is 1.00. The van der Waals surface area contributed by atoms with E-state index in [4.69, 9.17) is 0 Å². The van der Waals surface area contributed by atoms with Gasteiger partial charge in [-0.15, -0.1) is 0 Å². The first-order valence-corrected chi connectivity index (χ1v) is 4.83. The van der Waals surface area contributed by atoms with E-state index in [0.717, 1.165) is 0 Å². The van der Waals surface area contributed by atoms with Crippen molar-refractivity contribution in [3.63, 3.8) is 0 Å². The van der Waals surface area contributed by atoms with Crippen molar-refractivity contribution in [2.75, 3.05) is 5.33 Å². The molecule has 66 valence electrons.